The number of likely N-dealkylation sites (tertiary alicyclic amines) is 1. The van der Waals surface area contributed by atoms with Gasteiger partial charge in [-0.1, -0.05) is 30.7 Å². The Bertz CT molecular complexity index is 833. The van der Waals surface area contributed by atoms with Crippen molar-refractivity contribution in [3.63, 3.8) is 0 Å². The van der Waals surface area contributed by atoms with Crippen molar-refractivity contribution in [2.24, 2.45) is 0 Å². The third kappa shape index (κ3) is 4.89. The topological polar surface area (TPSA) is 67.2 Å². The van der Waals surface area contributed by atoms with E-state index in [9.17, 15) is 9.59 Å². The molecule has 0 saturated carbocycles. The predicted molar refractivity (Wildman–Crippen MR) is 105 cm³/mol. The molecule has 1 saturated heterocycles. The Balaban J connectivity index is 1.55. The van der Waals surface area contributed by atoms with E-state index in [1.54, 1.807) is 15.8 Å². The van der Waals surface area contributed by atoms with Crippen molar-refractivity contribution < 1.29 is 9.59 Å². The molecule has 7 heteroatoms. The first-order chi connectivity index (χ1) is 13.0. The first-order valence-electron chi connectivity index (χ1n) is 9.33. The highest BCUT2D eigenvalue weighted by Gasteiger charge is 2.31. The fourth-order valence-electron chi connectivity index (χ4n) is 3.39. The molecule has 6 nitrogen and oxygen atoms in total. The van der Waals surface area contributed by atoms with Gasteiger partial charge in [0.2, 0.25) is 5.91 Å². The Morgan fingerprint density at radius 2 is 2.19 bits per heavy atom. The molecule has 1 aromatic heterocycles. The Kier molecular flexibility index (Phi) is 6.16. The van der Waals surface area contributed by atoms with Gasteiger partial charge in [-0.3, -0.25) is 14.3 Å². The second kappa shape index (κ2) is 8.57. The molecule has 1 atom stereocenters. The van der Waals surface area contributed by atoms with Crippen LogP contribution in [0.5, 0.6) is 0 Å². The number of amides is 2. The molecule has 2 amide bonds. The largest absolute Gasteiger partial charge is 0.347 e. The van der Waals surface area contributed by atoms with Crippen molar-refractivity contribution >= 4 is 23.4 Å². The van der Waals surface area contributed by atoms with Gasteiger partial charge >= 0.3 is 0 Å². The van der Waals surface area contributed by atoms with Crippen LogP contribution < -0.4 is 5.32 Å². The highest BCUT2D eigenvalue weighted by Crippen LogP contribution is 2.16. The molecule has 1 fully saturated rings. The summed E-state index contributed by atoms with van der Waals surface area (Å²) in [7, 11) is 0. The summed E-state index contributed by atoms with van der Waals surface area (Å²) >= 11 is 6.01. The molecule has 27 heavy (non-hydrogen) atoms. The zero-order valence-electron chi connectivity index (χ0n) is 15.7. The minimum atomic E-state index is -0.168. The summed E-state index contributed by atoms with van der Waals surface area (Å²) in [5.41, 5.74) is 2.39. The van der Waals surface area contributed by atoms with Crippen LogP contribution in [0.1, 0.15) is 41.4 Å². The number of carbonyl (C=O) groups is 2. The molecule has 0 radical (unpaired) electrons. The summed E-state index contributed by atoms with van der Waals surface area (Å²) in [5.74, 6) is -0.0925. The van der Waals surface area contributed by atoms with Gasteiger partial charge in [-0.15, -0.1) is 0 Å². The minimum absolute atomic E-state index is 0.0701. The number of aryl methyl sites for hydroxylation is 2. The maximum atomic E-state index is 12.6. The Morgan fingerprint density at radius 3 is 2.93 bits per heavy atom. The molecule has 0 unspecified atom stereocenters. The number of nitrogens with one attached hydrogen (secondary N) is 1. The average molecular weight is 389 g/mol. The molecular weight excluding hydrogens is 364 g/mol. The third-order valence-electron chi connectivity index (χ3n) is 4.75. The lowest BCUT2D eigenvalue weighted by Crippen LogP contribution is -2.37. The minimum Gasteiger partial charge on any atom is -0.347 e. The van der Waals surface area contributed by atoms with E-state index in [-0.39, 0.29) is 17.9 Å². The second-order valence-electron chi connectivity index (χ2n) is 6.99. The standard InChI is InChI=1S/C20H25ClN4O2/c1-3-8-25-13-18(14(2)23-25)20(27)22-17-11-19(26)24(12-17)9-7-15-5-4-6-16(21)10-15/h4-6,10,13,17H,3,7-9,11-12H2,1-2H3,(H,22,27)/t17-/m1/s1. The average Bonchev–Trinajstić information content (AvgIpc) is 3.15. The lowest BCUT2D eigenvalue weighted by Gasteiger charge is -2.17. The lowest BCUT2D eigenvalue weighted by molar-refractivity contribution is -0.127. The molecule has 0 bridgehead atoms. The number of halogens is 1. The van der Waals surface area contributed by atoms with Crippen LogP contribution in [0.25, 0.3) is 0 Å². The van der Waals surface area contributed by atoms with Crippen molar-refractivity contribution in [1.82, 2.24) is 20.0 Å². The van der Waals surface area contributed by atoms with Crippen LogP contribution in [0.15, 0.2) is 30.5 Å². The van der Waals surface area contributed by atoms with E-state index >= 15 is 0 Å². The monoisotopic (exact) mass is 388 g/mol. The molecule has 3 rings (SSSR count). The number of rotatable bonds is 7. The number of hydrogen-bond donors (Lipinski definition) is 1. The van der Waals surface area contributed by atoms with Gasteiger partial charge in [-0.2, -0.15) is 5.10 Å². The van der Waals surface area contributed by atoms with Crippen LogP contribution in [0.2, 0.25) is 5.02 Å². The summed E-state index contributed by atoms with van der Waals surface area (Å²) < 4.78 is 1.79. The van der Waals surface area contributed by atoms with Crippen molar-refractivity contribution in [3.05, 3.63) is 52.3 Å². The first-order valence-corrected chi connectivity index (χ1v) is 9.71. The summed E-state index contributed by atoms with van der Waals surface area (Å²) in [5, 5.41) is 8.05. The Labute approximate surface area is 164 Å². The van der Waals surface area contributed by atoms with Crippen LogP contribution in [-0.4, -0.2) is 45.6 Å². The van der Waals surface area contributed by atoms with E-state index in [1.807, 2.05) is 31.2 Å². The summed E-state index contributed by atoms with van der Waals surface area (Å²) in [6, 6.07) is 7.49. The van der Waals surface area contributed by atoms with Gasteiger partial charge in [-0.25, -0.2) is 0 Å². The second-order valence-corrected chi connectivity index (χ2v) is 7.42. The fourth-order valence-corrected chi connectivity index (χ4v) is 3.60. The molecule has 2 aromatic rings. The molecule has 0 aliphatic carbocycles. The highest BCUT2D eigenvalue weighted by molar-refractivity contribution is 6.30. The van der Waals surface area contributed by atoms with Crippen LogP contribution in [0, 0.1) is 6.92 Å². The lowest BCUT2D eigenvalue weighted by atomic mass is 10.1. The molecular formula is C20H25ClN4O2. The van der Waals surface area contributed by atoms with E-state index in [2.05, 4.69) is 17.3 Å². The van der Waals surface area contributed by atoms with Crippen LogP contribution >= 0.6 is 11.6 Å². The van der Waals surface area contributed by atoms with Crippen molar-refractivity contribution in [2.75, 3.05) is 13.1 Å². The first kappa shape index (κ1) is 19.4. The van der Waals surface area contributed by atoms with E-state index < -0.39 is 0 Å². The SMILES string of the molecule is CCCn1cc(C(=O)N[C@@H]2CC(=O)N(CCc3cccc(Cl)c3)C2)c(C)n1. The summed E-state index contributed by atoms with van der Waals surface area (Å²) in [4.78, 5) is 26.6. The molecule has 0 spiro atoms. The van der Waals surface area contributed by atoms with Gasteiger partial charge in [0.1, 0.15) is 0 Å². The third-order valence-corrected chi connectivity index (χ3v) is 4.99. The molecule has 1 aliphatic rings. The van der Waals surface area contributed by atoms with Gasteiger partial charge in [0, 0.05) is 37.3 Å². The predicted octanol–water partition coefficient (Wildman–Crippen LogP) is 2.83. The normalized spacial score (nSPS) is 16.8. The number of hydrogen-bond acceptors (Lipinski definition) is 3. The fraction of sp³-hybridized carbons (Fsp3) is 0.450. The summed E-state index contributed by atoms with van der Waals surface area (Å²) in [6.45, 7) is 5.84. The number of benzene rings is 1. The van der Waals surface area contributed by atoms with Crippen LogP contribution in [0.4, 0.5) is 0 Å². The Hall–Kier alpha value is -2.34. The molecule has 1 N–H and O–H groups in total. The summed E-state index contributed by atoms with van der Waals surface area (Å²) in [6.07, 6.45) is 3.82. The van der Waals surface area contributed by atoms with Crippen molar-refractivity contribution in [1.29, 1.82) is 0 Å². The van der Waals surface area contributed by atoms with Gasteiger partial charge < -0.3 is 10.2 Å². The van der Waals surface area contributed by atoms with Crippen molar-refractivity contribution in [3.8, 4) is 0 Å². The van der Waals surface area contributed by atoms with Gasteiger partial charge in [0.15, 0.2) is 0 Å². The number of aromatic nitrogens is 2. The van der Waals surface area contributed by atoms with Crippen LogP contribution in [0.3, 0.4) is 0 Å². The molecule has 144 valence electrons. The highest BCUT2D eigenvalue weighted by atomic mass is 35.5. The van der Waals surface area contributed by atoms with E-state index in [1.165, 1.54) is 0 Å². The van der Waals surface area contributed by atoms with E-state index in [0.29, 0.717) is 35.8 Å². The zero-order valence-corrected chi connectivity index (χ0v) is 16.5. The van der Waals surface area contributed by atoms with Gasteiger partial charge in [-0.05, 0) is 37.5 Å². The quantitative estimate of drug-likeness (QED) is 0.793. The maximum Gasteiger partial charge on any atom is 0.255 e. The van der Waals surface area contributed by atoms with E-state index in [4.69, 9.17) is 11.6 Å². The number of carbonyl (C=O) groups excluding carboxylic acids is 2. The van der Waals surface area contributed by atoms with Crippen molar-refractivity contribution in [2.45, 2.75) is 45.7 Å². The molecule has 2 heterocycles. The maximum absolute atomic E-state index is 12.6. The van der Waals surface area contributed by atoms with Gasteiger partial charge in [0.25, 0.3) is 5.91 Å². The van der Waals surface area contributed by atoms with Gasteiger partial charge in [0.05, 0.1) is 17.3 Å². The molecule has 1 aromatic carbocycles. The number of nitrogens with zero attached hydrogens (tertiary/aromatic N) is 3. The Morgan fingerprint density at radius 1 is 1.37 bits per heavy atom. The molecule has 1 aliphatic heterocycles. The van der Waals surface area contributed by atoms with E-state index in [0.717, 1.165) is 24.9 Å². The zero-order chi connectivity index (χ0) is 19.4. The van der Waals surface area contributed by atoms with Crippen LogP contribution in [-0.2, 0) is 17.8 Å². The smallest absolute Gasteiger partial charge is 0.255 e.